The quantitative estimate of drug-likeness (QED) is 0.657. The van der Waals surface area contributed by atoms with Gasteiger partial charge in [-0.25, -0.2) is 18.1 Å². The van der Waals surface area contributed by atoms with Gasteiger partial charge in [0.25, 0.3) is 0 Å². The molecule has 1 aliphatic rings. The summed E-state index contributed by atoms with van der Waals surface area (Å²) in [6.07, 6.45) is 3.27. The third-order valence-corrected chi connectivity index (χ3v) is 6.43. The van der Waals surface area contributed by atoms with Gasteiger partial charge in [-0.1, -0.05) is 12.1 Å². The molecule has 0 aliphatic heterocycles. The second kappa shape index (κ2) is 6.50. The first-order valence-electron chi connectivity index (χ1n) is 8.69. The van der Waals surface area contributed by atoms with Crippen LogP contribution in [0.15, 0.2) is 47.5 Å². The van der Waals surface area contributed by atoms with Crippen molar-refractivity contribution in [2.75, 3.05) is 0 Å². The standard InChI is InChI=1S/C19H21N3O3S/c1-12-11-16-15(9-10-20-19(16)21-12)13-5-7-14(8-6-13)26(24,25)22-17-3-2-4-18(17)23/h5-11,17-18,22-23H,2-4H2,1H3,(H,20,21). The molecule has 7 heteroatoms. The summed E-state index contributed by atoms with van der Waals surface area (Å²) in [5, 5.41) is 10.9. The Morgan fingerprint density at radius 2 is 1.96 bits per heavy atom. The number of rotatable bonds is 4. The van der Waals surface area contributed by atoms with Crippen molar-refractivity contribution >= 4 is 21.1 Å². The van der Waals surface area contributed by atoms with Gasteiger partial charge in [0.15, 0.2) is 0 Å². The highest BCUT2D eigenvalue weighted by Gasteiger charge is 2.29. The molecule has 3 aromatic rings. The average Bonchev–Trinajstić information content (AvgIpc) is 3.19. The predicted molar refractivity (Wildman–Crippen MR) is 100 cm³/mol. The number of aliphatic hydroxyl groups is 1. The van der Waals surface area contributed by atoms with Crippen molar-refractivity contribution in [2.24, 2.45) is 0 Å². The van der Waals surface area contributed by atoms with Gasteiger partial charge in [-0.2, -0.15) is 0 Å². The van der Waals surface area contributed by atoms with E-state index >= 15 is 0 Å². The van der Waals surface area contributed by atoms with Gasteiger partial charge in [-0.05, 0) is 61.6 Å². The molecule has 2 heterocycles. The molecule has 0 spiro atoms. The number of benzene rings is 1. The maximum absolute atomic E-state index is 12.6. The number of aryl methyl sites for hydroxylation is 1. The number of aliphatic hydroxyl groups excluding tert-OH is 1. The largest absolute Gasteiger partial charge is 0.391 e. The number of H-pyrrole nitrogens is 1. The van der Waals surface area contributed by atoms with E-state index in [1.165, 1.54) is 0 Å². The normalized spacial score (nSPS) is 20.7. The molecule has 0 amide bonds. The Hall–Kier alpha value is -2.22. The Bertz CT molecular complexity index is 1040. The van der Waals surface area contributed by atoms with E-state index in [1.807, 2.05) is 19.1 Å². The number of fused-ring (bicyclic) bond motifs is 1. The zero-order valence-corrected chi connectivity index (χ0v) is 15.3. The number of aromatic nitrogens is 2. The van der Waals surface area contributed by atoms with E-state index < -0.39 is 22.2 Å². The fourth-order valence-corrected chi connectivity index (χ4v) is 4.87. The van der Waals surface area contributed by atoms with Crippen molar-refractivity contribution in [1.29, 1.82) is 0 Å². The van der Waals surface area contributed by atoms with E-state index in [-0.39, 0.29) is 4.90 Å². The number of aromatic amines is 1. The van der Waals surface area contributed by atoms with Crippen LogP contribution in [0.2, 0.25) is 0 Å². The van der Waals surface area contributed by atoms with Gasteiger partial charge >= 0.3 is 0 Å². The lowest BCUT2D eigenvalue weighted by Gasteiger charge is -2.16. The van der Waals surface area contributed by atoms with Crippen molar-refractivity contribution in [3.05, 3.63) is 48.3 Å². The van der Waals surface area contributed by atoms with Gasteiger partial charge in [-0.3, -0.25) is 0 Å². The van der Waals surface area contributed by atoms with Gasteiger partial charge in [-0.15, -0.1) is 0 Å². The molecular weight excluding hydrogens is 350 g/mol. The zero-order chi connectivity index (χ0) is 18.3. The number of pyridine rings is 1. The summed E-state index contributed by atoms with van der Waals surface area (Å²) in [6, 6.07) is 10.4. The Kier molecular flexibility index (Phi) is 4.30. The molecule has 2 atom stereocenters. The van der Waals surface area contributed by atoms with E-state index in [4.69, 9.17) is 0 Å². The van der Waals surface area contributed by atoms with Gasteiger partial charge in [0.1, 0.15) is 5.65 Å². The molecule has 3 N–H and O–H groups in total. The lowest BCUT2D eigenvalue weighted by Crippen LogP contribution is -2.39. The Morgan fingerprint density at radius 3 is 2.65 bits per heavy atom. The van der Waals surface area contributed by atoms with Gasteiger partial charge < -0.3 is 10.1 Å². The molecule has 136 valence electrons. The Labute approximate surface area is 152 Å². The fourth-order valence-electron chi connectivity index (χ4n) is 3.57. The minimum absolute atomic E-state index is 0.205. The van der Waals surface area contributed by atoms with Gasteiger partial charge in [0.2, 0.25) is 10.0 Å². The first-order chi connectivity index (χ1) is 12.4. The Morgan fingerprint density at radius 1 is 1.19 bits per heavy atom. The minimum Gasteiger partial charge on any atom is -0.391 e. The average molecular weight is 371 g/mol. The summed E-state index contributed by atoms with van der Waals surface area (Å²) in [6.45, 7) is 1.98. The molecule has 6 nitrogen and oxygen atoms in total. The highest BCUT2D eigenvalue weighted by Crippen LogP contribution is 2.29. The summed E-state index contributed by atoms with van der Waals surface area (Å²) >= 11 is 0. The van der Waals surface area contributed by atoms with Crippen LogP contribution in [0.25, 0.3) is 22.2 Å². The van der Waals surface area contributed by atoms with Crippen LogP contribution in [0.3, 0.4) is 0 Å². The SMILES string of the molecule is Cc1cc2c(-c3ccc(S(=O)(=O)NC4CCCC4O)cc3)ccnc2[nH]1. The summed E-state index contributed by atoms with van der Waals surface area (Å²) < 4.78 is 27.7. The molecular formula is C19H21N3O3S. The molecule has 4 rings (SSSR count). The van der Waals surface area contributed by atoms with E-state index in [2.05, 4.69) is 14.7 Å². The highest BCUT2D eigenvalue weighted by molar-refractivity contribution is 7.89. The van der Waals surface area contributed by atoms with Crippen LogP contribution >= 0.6 is 0 Å². The molecule has 1 aromatic carbocycles. The monoisotopic (exact) mass is 371 g/mol. The molecule has 0 bridgehead atoms. The van der Waals surface area contributed by atoms with Crippen LogP contribution in [0.1, 0.15) is 25.0 Å². The van der Waals surface area contributed by atoms with Crippen molar-refractivity contribution in [2.45, 2.75) is 43.2 Å². The van der Waals surface area contributed by atoms with Crippen LogP contribution in [0.5, 0.6) is 0 Å². The second-order valence-electron chi connectivity index (χ2n) is 6.82. The Balaban J connectivity index is 1.64. The van der Waals surface area contributed by atoms with Crippen LogP contribution in [0, 0.1) is 6.92 Å². The summed E-state index contributed by atoms with van der Waals surface area (Å²) in [5.74, 6) is 0. The zero-order valence-electron chi connectivity index (χ0n) is 14.4. The van der Waals surface area contributed by atoms with Gasteiger partial charge in [0, 0.05) is 23.3 Å². The molecule has 2 aromatic heterocycles. The third-order valence-electron chi connectivity index (χ3n) is 4.93. The summed E-state index contributed by atoms with van der Waals surface area (Å²) in [7, 11) is -3.64. The molecule has 0 saturated heterocycles. The van der Waals surface area contributed by atoms with E-state index in [0.29, 0.717) is 12.8 Å². The number of nitrogens with zero attached hydrogens (tertiary/aromatic N) is 1. The number of sulfonamides is 1. The first-order valence-corrected chi connectivity index (χ1v) is 10.2. The topological polar surface area (TPSA) is 95.1 Å². The lowest BCUT2D eigenvalue weighted by atomic mass is 10.0. The first kappa shape index (κ1) is 17.2. The van der Waals surface area contributed by atoms with Crippen LogP contribution < -0.4 is 4.72 Å². The molecule has 26 heavy (non-hydrogen) atoms. The molecule has 0 radical (unpaired) electrons. The fraction of sp³-hybridized carbons (Fsp3) is 0.316. The minimum atomic E-state index is -3.64. The second-order valence-corrected chi connectivity index (χ2v) is 8.54. The number of nitrogens with one attached hydrogen (secondary N) is 2. The van der Waals surface area contributed by atoms with Gasteiger partial charge in [0.05, 0.1) is 11.0 Å². The van der Waals surface area contributed by atoms with Crippen molar-refractivity contribution in [3.63, 3.8) is 0 Å². The predicted octanol–water partition coefficient (Wildman–Crippen LogP) is 2.73. The van der Waals surface area contributed by atoms with E-state index in [1.54, 1.807) is 30.5 Å². The smallest absolute Gasteiger partial charge is 0.240 e. The molecule has 1 saturated carbocycles. The molecule has 1 fully saturated rings. The van der Waals surface area contributed by atoms with Crippen LogP contribution in [-0.2, 0) is 10.0 Å². The van der Waals surface area contributed by atoms with E-state index in [0.717, 1.165) is 34.3 Å². The summed E-state index contributed by atoms with van der Waals surface area (Å²) in [4.78, 5) is 7.74. The van der Waals surface area contributed by atoms with Crippen LogP contribution in [0.4, 0.5) is 0 Å². The maximum atomic E-state index is 12.6. The maximum Gasteiger partial charge on any atom is 0.240 e. The third kappa shape index (κ3) is 3.13. The van der Waals surface area contributed by atoms with E-state index in [9.17, 15) is 13.5 Å². The van der Waals surface area contributed by atoms with Crippen LogP contribution in [-0.4, -0.2) is 35.6 Å². The molecule has 1 aliphatic carbocycles. The molecule has 2 unspecified atom stereocenters. The van der Waals surface area contributed by atoms with Crippen molar-refractivity contribution < 1.29 is 13.5 Å². The van der Waals surface area contributed by atoms with Crippen molar-refractivity contribution in [3.8, 4) is 11.1 Å². The highest BCUT2D eigenvalue weighted by atomic mass is 32.2. The van der Waals surface area contributed by atoms with Crippen molar-refractivity contribution in [1.82, 2.24) is 14.7 Å². The number of hydrogen-bond acceptors (Lipinski definition) is 4. The lowest BCUT2D eigenvalue weighted by molar-refractivity contribution is 0.159. The summed E-state index contributed by atoms with van der Waals surface area (Å²) in [5.41, 5.74) is 3.77. The number of hydrogen-bond donors (Lipinski definition) is 3.